The van der Waals surface area contributed by atoms with Crippen LogP contribution in [-0.2, 0) is 13.1 Å². The van der Waals surface area contributed by atoms with Gasteiger partial charge in [0.05, 0.1) is 0 Å². The van der Waals surface area contributed by atoms with Crippen LogP contribution in [0.2, 0.25) is 0 Å². The average Bonchev–Trinajstić information content (AvgIpc) is 3.58. The summed E-state index contributed by atoms with van der Waals surface area (Å²) in [5.74, 6) is 0. The molecule has 2 heteroatoms. The Balaban J connectivity index is 1.37. The standard InChI is InChI=1S/C42H32N2/c1-3-43-37-19-11-9-13-29(37)35-25-27(21-23-39(35)43)41-31-15-5-7-17-33(31)42(34-18-8-6-16-32(34)41)28-22-24-40-36(26-28)30-14-10-12-20-38(30)44(40)4-2/h5-26H,3-4H2,1-2H3. The molecule has 0 saturated heterocycles. The summed E-state index contributed by atoms with van der Waals surface area (Å²) in [4.78, 5) is 0. The van der Waals surface area contributed by atoms with Crippen molar-refractivity contribution >= 4 is 65.2 Å². The fourth-order valence-electron chi connectivity index (χ4n) is 7.85. The molecule has 0 amide bonds. The van der Waals surface area contributed by atoms with E-state index in [0.29, 0.717) is 0 Å². The van der Waals surface area contributed by atoms with Crippen molar-refractivity contribution in [3.63, 3.8) is 0 Å². The predicted octanol–water partition coefficient (Wildman–Crippen LogP) is 11.6. The van der Waals surface area contributed by atoms with Crippen molar-refractivity contribution in [1.29, 1.82) is 0 Å². The fraction of sp³-hybridized carbons (Fsp3) is 0.0952. The summed E-state index contributed by atoms with van der Waals surface area (Å²) in [6.45, 7) is 6.37. The van der Waals surface area contributed by atoms with Crippen LogP contribution in [0.1, 0.15) is 13.8 Å². The average molecular weight is 565 g/mol. The predicted molar refractivity (Wildman–Crippen MR) is 190 cm³/mol. The number of nitrogens with zero attached hydrogens (tertiary/aromatic N) is 2. The Morgan fingerprint density at radius 2 is 0.659 bits per heavy atom. The minimum atomic E-state index is 0.950. The molecule has 0 fully saturated rings. The first-order valence-electron chi connectivity index (χ1n) is 15.7. The summed E-state index contributed by atoms with van der Waals surface area (Å²) in [5.41, 5.74) is 10.3. The summed E-state index contributed by atoms with van der Waals surface area (Å²) in [6.07, 6.45) is 0. The second kappa shape index (κ2) is 9.59. The second-order valence-corrected chi connectivity index (χ2v) is 11.8. The van der Waals surface area contributed by atoms with Gasteiger partial charge in [-0.15, -0.1) is 0 Å². The number of aromatic nitrogens is 2. The molecular weight excluding hydrogens is 532 g/mol. The molecule has 2 heterocycles. The van der Waals surface area contributed by atoms with E-state index in [1.54, 1.807) is 0 Å². The number of hydrogen-bond acceptors (Lipinski definition) is 0. The molecule has 9 aromatic rings. The van der Waals surface area contributed by atoms with E-state index < -0.39 is 0 Å². The zero-order valence-electron chi connectivity index (χ0n) is 25.0. The second-order valence-electron chi connectivity index (χ2n) is 11.8. The van der Waals surface area contributed by atoms with Gasteiger partial charge in [-0.1, -0.05) is 97.1 Å². The highest BCUT2D eigenvalue weighted by Crippen LogP contribution is 2.45. The smallest absolute Gasteiger partial charge is 0.0491 e. The van der Waals surface area contributed by atoms with E-state index in [2.05, 4.69) is 156 Å². The van der Waals surface area contributed by atoms with E-state index in [4.69, 9.17) is 0 Å². The zero-order chi connectivity index (χ0) is 29.4. The third-order valence-electron chi connectivity index (χ3n) is 9.69. The summed E-state index contributed by atoms with van der Waals surface area (Å²) in [5, 5.41) is 10.4. The van der Waals surface area contributed by atoms with Crippen molar-refractivity contribution in [2.75, 3.05) is 0 Å². The summed E-state index contributed by atoms with van der Waals surface area (Å²) in [7, 11) is 0. The van der Waals surface area contributed by atoms with Crippen LogP contribution in [0.5, 0.6) is 0 Å². The van der Waals surface area contributed by atoms with Crippen LogP contribution in [0, 0.1) is 0 Å². The number of para-hydroxylation sites is 2. The lowest BCUT2D eigenvalue weighted by molar-refractivity contribution is 0.827. The Morgan fingerprint density at radius 3 is 1.02 bits per heavy atom. The number of fused-ring (bicyclic) bond motifs is 8. The van der Waals surface area contributed by atoms with Crippen LogP contribution in [0.25, 0.3) is 87.4 Å². The van der Waals surface area contributed by atoms with Crippen molar-refractivity contribution in [2.24, 2.45) is 0 Å². The molecule has 210 valence electrons. The molecular formula is C42H32N2. The van der Waals surface area contributed by atoms with Crippen LogP contribution < -0.4 is 0 Å². The maximum absolute atomic E-state index is 2.43. The molecule has 0 aliphatic carbocycles. The van der Waals surface area contributed by atoms with Crippen LogP contribution in [0.3, 0.4) is 0 Å². The number of hydrogen-bond donors (Lipinski definition) is 0. The first-order chi connectivity index (χ1) is 21.8. The van der Waals surface area contributed by atoms with E-state index in [0.717, 1.165) is 13.1 Å². The Bertz CT molecular complexity index is 2340. The normalized spacial score (nSPS) is 12.0. The third kappa shape index (κ3) is 3.43. The molecule has 9 rings (SSSR count). The monoisotopic (exact) mass is 564 g/mol. The highest BCUT2D eigenvalue weighted by atomic mass is 15.0. The van der Waals surface area contributed by atoms with Crippen LogP contribution >= 0.6 is 0 Å². The van der Waals surface area contributed by atoms with Gasteiger partial charge in [0.2, 0.25) is 0 Å². The van der Waals surface area contributed by atoms with E-state index in [1.165, 1.54) is 87.4 Å². The molecule has 7 aromatic carbocycles. The molecule has 0 N–H and O–H groups in total. The fourth-order valence-corrected chi connectivity index (χ4v) is 7.85. The molecule has 0 aliphatic rings. The van der Waals surface area contributed by atoms with E-state index >= 15 is 0 Å². The lowest BCUT2D eigenvalue weighted by Gasteiger charge is -2.18. The highest BCUT2D eigenvalue weighted by Gasteiger charge is 2.19. The van der Waals surface area contributed by atoms with Gasteiger partial charge in [-0.3, -0.25) is 0 Å². The van der Waals surface area contributed by atoms with Gasteiger partial charge in [-0.2, -0.15) is 0 Å². The van der Waals surface area contributed by atoms with Gasteiger partial charge >= 0.3 is 0 Å². The zero-order valence-corrected chi connectivity index (χ0v) is 25.0. The highest BCUT2D eigenvalue weighted by molar-refractivity contribution is 6.23. The van der Waals surface area contributed by atoms with Gasteiger partial charge in [0.15, 0.2) is 0 Å². The molecule has 0 unspecified atom stereocenters. The molecule has 44 heavy (non-hydrogen) atoms. The molecule has 2 nitrogen and oxygen atoms in total. The first-order valence-corrected chi connectivity index (χ1v) is 15.7. The molecule has 0 bridgehead atoms. The molecule has 0 aliphatic heterocycles. The molecule has 0 radical (unpaired) electrons. The number of rotatable bonds is 4. The molecule has 2 aromatic heterocycles. The van der Waals surface area contributed by atoms with Gasteiger partial charge in [0.25, 0.3) is 0 Å². The van der Waals surface area contributed by atoms with Crippen LogP contribution in [0.15, 0.2) is 133 Å². The summed E-state index contributed by atoms with van der Waals surface area (Å²) in [6, 6.07) is 49.7. The van der Waals surface area contributed by atoms with Gasteiger partial charge in [-0.05, 0) is 94.0 Å². The summed E-state index contributed by atoms with van der Waals surface area (Å²) >= 11 is 0. The Labute approximate surface area is 256 Å². The van der Waals surface area contributed by atoms with E-state index in [1.807, 2.05) is 0 Å². The van der Waals surface area contributed by atoms with Crippen LogP contribution in [-0.4, -0.2) is 9.13 Å². The Morgan fingerprint density at radius 1 is 0.341 bits per heavy atom. The third-order valence-corrected chi connectivity index (χ3v) is 9.69. The molecule has 0 saturated carbocycles. The maximum Gasteiger partial charge on any atom is 0.0491 e. The lowest BCUT2D eigenvalue weighted by Crippen LogP contribution is -1.94. The minimum Gasteiger partial charge on any atom is -0.341 e. The van der Waals surface area contributed by atoms with Crippen molar-refractivity contribution in [1.82, 2.24) is 9.13 Å². The van der Waals surface area contributed by atoms with Gasteiger partial charge in [-0.25, -0.2) is 0 Å². The van der Waals surface area contributed by atoms with Crippen molar-refractivity contribution < 1.29 is 0 Å². The van der Waals surface area contributed by atoms with Crippen molar-refractivity contribution in [2.45, 2.75) is 26.9 Å². The van der Waals surface area contributed by atoms with Crippen molar-refractivity contribution in [3.8, 4) is 22.3 Å². The summed E-state index contributed by atoms with van der Waals surface area (Å²) < 4.78 is 4.86. The lowest BCUT2D eigenvalue weighted by atomic mass is 9.85. The Kier molecular flexibility index (Phi) is 5.49. The maximum atomic E-state index is 2.43. The quantitative estimate of drug-likeness (QED) is 0.188. The van der Waals surface area contributed by atoms with Gasteiger partial charge in [0.1, 0.15) is 0 Å². The van der Waals surface area contributed by atoms with Gasteiger partial charge in [0, 0.05) is 56.7 Å². The topological polar surface area (TPSA) is 9.86 Å². The van der Waals surface area contributed by atoms with Crippen LogP contribution in [0.4, 0.5) is 0 Å². The van der Waals surface area contributed by atoms with E-state index in [9.17, 15) is 0 Å². The Hall–Kier alpha value is -5.34. The first kappa shape index (κ1) is 25.2. The number of benzene rings is 7. The minimum absolute atomic E-state index is 0.950. The SMILES string of the molecule is CCn1c2ccccc2c2cc(-c3c4ccccc4c(-c4ccc5c(c4)c4ccccc4n5CC)c4ccccc34)ccc21. The molecule has 0 spiro atoms. The largest absolute Gasteiger partial charge is 0.341 e. The van der Waals surface area contributed by atoms with Crippen molar-refractivity contribution in [3.05, 3.63) is 133 Å². The van der Waals surface area contributed by atoms with Gasteiger partial charge < -0.3 is 9.13 Å². The van der Waals surface area contributed by atoms with E-state index in [-0.39, 0.29) is 0 Å². The number of aryl methyl sites for hydroxylation is 2. The molecule has 0 atom stereocenters.